The third kappa shape index (κ3) is 5.59. The lowest BCUT2D eigenvalue weighted by Crippen LogP contribution is -2.28. The summed E-state index contributed by atoms with van der Waals surface area (Å²) in [6.07, 6.45) is 0.459. The van der Waals surface area contributed by atoms with Gasteiger partial charge in [0.25, 0.3) is 0 Å². The van der Waals surface area contributed by atoms with E-state index < -0.39 is 0 Å². The van der Waals surface area contributed by atoms with E-state index >= 15 is 0 Å². The predicted molar refractivity (Wildman–Crippen MR) is 94.4 cm³/mol. The van der Waals surface area contributed by atoms with Gasteiger partial charge in [0.15, 0.2) is 0 Å². The Hall–Kier alpha value is -2.53. The molecule has 2 N–H and O–H groups in total. The number of hydrogen-bond donors (Lipinski definition) is 2. The van der Waals surface area contributed by atoms with Crippen molar-refractivity contribution in [3.05, 3.63) is 59.1 Å². The van der Waals surface area contributed by atoms with E-state index in [1.807, 2.05) is 30.3 Å². The maximum absolute atomic E-state index is 12.0. The van der Waals surface area contributed by atoms with Crippen LogP contribution in [0.5, 0.6) is 5.75 Å². The Bertz CT molecular complexity index is 705. The van der Waals surface area contributed by atoms with Crippen molar-refractivity contribution in [2.45, 2.75) is 12.8 Å². The van der Waals surface area contributed by atoms with Crippen LogP contribution in [0.4, 0.5) is 5.69 Å². The zero-order chi connectivity index (χ0) is 17.4. The van der Waals surface area contributed by atoms with Crippen LogP contribution in [0.1, 0.15) is 12.0 Å². The van der Waals surface area contributed by atoms with Gasteiger partial charge in [-0.25, -0.2) is 0 Å². The van der Waals surface area contributed by atoms with Gasteiger partial charge in [0.05, 0.1) is 19.2 Å². The van der Waals surface area contributed by atoms with Crippen LogP contribution < -0.4 is 15.4 Å². The highest BCUT2D eigenvalue weighted by molar-refractivity contribution is 6.31. The summed E-state index contributed by atoms with van der Waals surface area (Å²) in [6, 6.07) is 14.4. The SMILES string of the molecule is COc1ccc(Cl)cc1NC(=O)CCNC(=O)Cc1ccccc1. The largest absolute Gasteiger partial charge is 0.495 e. The van der Waals surface area contributed by atoms with Crippen molar-refractivity contribution >= 4 is 29.1 Å². The molecule has 0 unspecified atom stereocenters. The van der Waals surface area contributed by atoms with Crippen molar-refractivity contribution in [2.75, 3.05) is 19.0 Å². The number of nitrogens with one attached hydrogen (secondary N) is 2. The van der Waals surface area contributed by atoms with Crippen LogP contribution in [0.25, 0.3) is 0 Å². The second-order valence-corrected chi connectivity index (χ2v) is 5.59. The Morgan fingerprint density at radius 3 is 2.54 bits per heavy atom. The minimum Gasteiger partial charge on any atom is -0.495 e. The van der Waals surface area contributed by atoms with Gasteiger partial charge >= 0.3 is 0 Å². The summed E-state index contributed by atoms with van der Waals surface area (Å²) in [5, 5.41) is 5.96. The summed E-state index contributed by atoms with van der Waals surface area (Å²) < 4.78 is 5.17. The first-order chi connectivity index (χ1) is 11.6. The highest BCUT2D eigenvalue weighted by atomic mass is 35.5. The fourth-order valence-corrected chi connectivity index (χ4v) is 2.32. The van der Waals surface area contributed by atoms with Crippen molar-refractivity contribution in [1.82, 2.24) is 5.32 Å². The summed E-state index contributed by atoms with van der Waals surface area (Å²) in [6.45, 7) is 0.264. The van der Waals surface area contributed by atoms with Crippen LogP contribution in [0.15, 0.2) is 48.5 Å². The van der Waals surface area contributed by atoms with E-state index in [4.69, 9.17) is 16.3 Å². The molecule has 126 valence electrons. The van der Waals surface area contributed by atoms with Crippen LogP contribution in [0.2, 0.25) is 5.02 Å². The topological polar surface area (TPSA) is 67.4 Å². The van der Waals surface area contributed by atoms with E-state index in [0.717, 1.165) is 5.56 Å². The van der Waals surface area contributed by atoms with Crippen molar-refractivity contribution in [3.63, 3.8) is 0 Å². The Labute approximate surface area is 146 Å². The fourth-order valence-electron chi connectivity index (χ4n) is 2.15. The zero-order valence-electron chi connectivity index (χ0n) is 13.3. The van der Waals surface area contributed by atoms with Crippen LogP contribution in [0, 0.1) is 0 Å². The smallest absolute Gasteiger partial charge is 0.226 e. The predicted octanol–water partition coefficient (Wildman–Crippen LogP) is 3.04. The molecule has 6 heteroatoms. The molecule has 0 bridgehead atoms. The maximum atomic E-state index is 12.0. The monoisotopic (exact) mass is 346 g/mol. The van der Waals surface area contributed by atoms with Gasteiger partial charge in [-0.15, -0.1) is 0 Å². The van der Waals surface area contributed by atoms with Gasteiger partial charge in [-0.05, 0) is 23.8 Å². The average Bonchev–Trinajstić information content (AvgIpc) is 2.56. The van der Waals surface area contributed by atoms with Crippen molar-refractivity contribution < 1.29 is 14.3 Å². The molecule has 0 radical (unpaired) electrons. The first-order valence-corrected chi connectivity index (χ1v) is 7.90. The van der Waals surface area contributed by atoms with E-state index in [2.05, 4.69) is 10.6 Å². The lowest BCUT2D eigenvalue weighted by molar-refractivity contribution is -0.120. The molecule has 2 aromatic rings. The number of ether oxygens (including phenoxy) is 1. The molecule has 0 aliphatic heterocycles. The van der Waals surface area contributed by atoms with Gasteiger partial charge in [0.1, 0.15) is 5.75 Å². The number of halogens is 1. The highest BCUT2D eigenvalue weighted by Crippen LogP contribution is 2.27. The molecule has 2 amide bonds. The first kappa shape index (κ1) is 17.8. The minimum atomic E-state index is -0.226. The lowest BCUT2D eigenvalue weighted by atomic mass is 10.1. The Morgan fingerprint density at radius 2 is 1.83 bits per heavy atom. The molecule has 24 heavy (non-hydrogen) atoms. The number of anilines is 1. The molecule has 0 aliphatic rings. The van der Waals surface area contributed by atoms with E-state index in [-0.39, 0.29) is 24.8 Å². The third-order valence-electron chi connectivity index (χ3n) is 3.32. The van der Waals surface area contributed by atoms with Gasteiger partial charge in [-0.2, -0.15) is 0 Å². The number of methoxy groups -OCH3 is 1. The van der Waals surface area contributed by atoms with Crippen molar-refractivity contribution in [3.8, 4) is 5.75 Å². The molecule has 0 saturated carbocycles. The summed E-state index contributed by atoms with van der Waals surface area (Å²) in [4.78, 5) is 23.8. The Kier molecular flexibility index (Phi) is 6.63. The molecule has 0 fully saturated rings. The second kappa shape index (κ2) is 8.93. The van der Waals surface area contributed by atoms with Crippen molar-refractivity contribution in [1.29, 1.82) is 0 Å². The van der Waals surface area contributed by atoms with Crippen LogP contribution in [0.3, 0.4) is 0 Å². The summed E-state index contributed by atoms with van der Waals surface area (Å²) in [5.74, 6) is 0.186. The molecule has 0 aromatic heterocycles. The van der Waals surface area contributed by atoms with Gasteiger partial charge in [0.2, 0.25) is 11.8 Å². The van der Waals surface area contributed by atoms with E-state index in [9.17, 15) is 9.59 Å². The Morgan fingerprint density at radius 1 is 1.08 bits per heavy atom. The van der Waals surface area contributed by atoms with E-state index in [1.165, 1.54) is 7.11 Å². The summed E-state index contributed by atoms with van der Waals surface area (Å²) in [5.41, 5.74) is 1.44. The molecule has 5 nitrogen and oxygen atoms in total. The normalized spacial score (nSPS) is 10.1. The fraction of sp³-hybridized carbons (Fsp3) is 0.222. The first-order valence-electron chi connectivity index (χ1n) is 7.52. The molecule has 2 rings (SSSR count). The average molecular weight is 347 g/mol. The quantitative estimate of drug-likeness (QED) is 0.809. The molecule has 0 spiro atoms. The molecule has 2 aromatic carbocycles. The zero-order valence-corrected chi connectivity index (χ0v) is 14.1. The molecular formula is C18H19ClN2O3. The molecule has 0 heterocycles. The molecular weight excluding hydrogens is 328 g/mol. The minimum absolute atomic E-state index is 0.116. The third-order valence-corrected chi connectivity index (χ3v) is 3.55. The highest BCUT2D eigenvalue weighted by Gasteiger charge is 2.09. The maximum Gasteiger partial charge on any atom is 0.226 e. The second-order valence-electron chi connectivity index (χ2n) is 5.16. The van der Waals surface area contributed by atoms with E-state index in [0.29, 0.717) is 22.9 Å². The molecule has 0 saturated heterocycles. The molecule has 0 atom stereocenters. The lowest BCUT2D eigenvalue weighted by Gasteiger charge is -2.11. The van der Waals surface area contributed by atoms with Crippen LogP contribution in [-0.2, 0) is 16.0 Å². The van der Waals surface area contributed by atoms with Crippen LogP contribution in [-0.4, -0.2) is 25.5 Å². The van der Waals surface area contributed by atoms with Gasteiger partial charge in [0, 0.05) is 18.0 Å². The van der Waals surface area contributed by atoms with Crippen molar-refractivity contribution in [2.24, 2.45) is 0 Å². The number of rotatable bonds is 7. The summed E-state index contributed by atoms with van der Waals surface area (Å²) in [7, 11) is 1.52. The standard InChI is InChI=1S/C18H19ClN2O3/c1-24-16-8-7-14(19)12-15(16)21-17(22)9-10-20-18(23)11-13-5-3-2-4-6-13/h2-8,12H,9-11H2,1H3,(H,20,23)(H,21,22). The number of hydrogen-bond acceptors (Lipinski definition) is 3. The Balaban J connectivity index is 1.77. The molecule has 0 aliphatic carbocycles. The number of carbonyl (C=O) groups is 2. The van der Waals surface area contributed by atoms with Gasteiger partial charge in [-0.1, -0.05) is 41.9 Å². The number of amides is 2. The van der Waals surface area contributed by atoms with E-state index in [1.54, 1.807) is 18.2 Å². The summed E-state index contributed by atoms with van der Waals surface area (Å²) >= 11 is 5.92. The number of carbonyl (C=O) groups excluding carboxylic acids is 2. The number of benzene rings is 2. The van der Waals surface area contributed by atoms with Gasteiger partial charge in [-0.3, -0.25) is 9.59 Å². The van der Waals surface area contributed by atoms with Gasteiger partial charge < -0.3 is 15.4 Å². The van der Waals surface area contributed by atoms with Crippen LogP contribution >= 0.6 is 11.6 Å².